The molecular formula is C21H18N2OS. The lowest BCUT2D eigenvalue weighted by Crippen LogP contribution is -2.30. The Kier molecular flexibility index (Phi) is 5.27. The molecule has 0 aliphatic heterocycles. The highest BCUT2D eigenvalue weighted by molar-refractivity contribution is 7.10. The van der Waals surface area contributed by atoms with Gasteiger partial charge in [-0.3, -0.25) is 4.79 Å². The van der Waals surface area contributed by atoms with Crippen LogP contribution in [0.2, 0.25) is 0 Å². The van der Waals surface area contributed by atoms with Crippen LogP contribution in [-0.2, 0) is 6.42 Å². The topological polar surface area (TPSA) is 52.9 Å². The van der Waals surface area contributed by atoms with E-state index in [0.29, 0.717) is 11.1 Å². The van der Waals surface area contributed by atoms with Crippen LogP contribution in [0.1, 0.15) is 38.0 Å². The van der Waals surface area contributed by atoms with Crippen LogP contribution in [0.15, 0.2) is 66.0 Å². The molecule has 4 heteroatoms. The van der Waals surface area contributed by atoms with Crippen LogP contribution >= 0.6 is 11.3 Å². The third-order valence-electron chi connectivity index (χ3n) is 4.07. The van der Waals surface area contributed by atoms with Crippen molar-refractivity contribution in [3.8, 4) is 6.07 Å². The van der Waals surface area contributed by atoms with Crippen LogP contribution in [0.4, 0.5) is 0 Å². The van der Waals surface area contributed by atoms with E-state index >= 15 is 0 Å². The molecule has 0 radical (unpaired) electrons. The Morgan fingerprint density at radius 2 is 1.96 bits per heavy atom. The first-order valence-electron chi connectivity index (χ1n) is 8.06. The fourth-order valence-corrected chi connectivity index (χ4v) is 3.56. The minimum atomic E-state index is -0.115. The fourth-order valence-electron chi connectivity index (χ4n) is 2.79. The summed E-state index contributed by atoms with van der Waals surface area (Å²) in [6.45, 7) is 1.85. The monoisotopic (exact) mass is 346 g/mol. The van der Waals surface area contributed by atoms with E-state index < -0.39 is 0 Å². The predicted molar refractivity (Wildman–Crippen MR) is 101 cm³/mol. The molecule has 3 rings (SSSR count). The largest absolute Gasteiger partial charge is 0.344 e. The summed E-state index contributed by atoms with van der Waals surface area (Å²) in [5.74, 6) is -0.115. The number of amides is 1. The molecule has 0 saturated carbocycles. The van der Waals surface area contributed by atoms with Crippen molar-refractivity contribution < 1.29 is 4.79 Å². The molecular weight excluding hydrogens is 328 g/mol. The highest BCUT2D eigenvalue weighted by atomic mass is 32.1. The molecule has 1 unspecified atom stereocenters. The molecule has 2 aromatic carbocycles. The highest BCUT2D eigenvalue weighted by Gasteiger charge is 2.18. The second-order valence-corrected chi connectivity index (χ2v) is 6.85. The Morgan fingerprint density at radius 1 is 1.16 bits per heavy atom. The second-order valence-electron chi connectivity index (χ2n) is 5.87. The number of benzene rings is 2. The van der Waals surface area contributed by atoms with E-state index in [9.17, 15) is 4.79 Å². The summed E-state index contributed by atoms with van der Waals surface area (Å²) >= 11 is 1.64. The molecule has 0 bridgehead atoms. The SMILES string of the molecule is Cc1cc(C#N)ccc1C(=O)NC(Cc1ccccc1)c1cccs1. The van der Waals surface area contributed by atoms with Crippen LogP contribution < -0.4 is 5.32 Å². The average Bonchev–Trinajstić information content (AvgIpc) is 3.16. The maximum atomic E-state index is 12.8. The number of nitrogens with one attached hydrogen (secondary N) is 1. The Bertz CT molecular complexity index is 895. The summed E-state index contributed by atoms with van der Waals surface area (Å²) in [6.07, 6.45) is 0.739. The van der Waals surface area contributed by atoms with Gasteiger partial charge in [0.15, 0.2) is 0 Å². The van der Waals surface area contributed by atoms with E-state index in [-0.39, 0.29) is 11.9 Å². The number of hydrogen-bond donors (Lipinski definition) is 1. The Hall–Kier alpha value is -2.90. The molecule has 0 spiro atoms. The van der Waals surface area contributed by atoms with Crippen LogP contribution in [0.5, 0.6) is 0 Å². The van der Waals surface area contributed by atoms with Crippen molar-refractivity contribution >= 4 is 17.2 Å². The van der Waals surface area contributed by atoms with E-state index in [4.69, 9.17) is 5.26 Å². The Labute approximate surface area is 151 Å². The molecule has 1 heterocycles. The number of nitrogens with zero attached hydrogens (tertiary/aromatic N) is 1. The lowest BCUT2D eigenvalue weighted by atomic mass is 10.0. The number of nitriles is 1. The van der Waals surface area contributed by atoms with E-state index in [1.54, 1.807) is 29.5 Å². The van der Waals surface area contributed by atoms with Crippen molar-refractivity contribution in [3.63, 3.8) is 0 Å². The molecule has 124 valence electrons. The van der Waals surface area contributed by atoms with Crippen LogP contribution in [-0.4, -0.2) is 5.91 Å². The molecule has 0 saturated heterocycles. The molecule has 1 atom stereocenters. The summed E-state index contributed by atoms with van der Waals surface area (Å²) in [5, 5.41) is 14.1. The molecule has 3 aromatic rings. The van der Waals surface area contributed by atoms with Crippen LogP contribution in [0, 0.1) is 18.3 Å². The minimum Gasteiger partial charge on any atom is -0.344 e. The summed E-state index contributed by atoms with van der Waals surface area (Å²) < 4.78 is 0. The number of carbonyl (C=O) groups is 1. The van der Waals surface area contributed by atoms with E-state index in [0.717, 1.165) is 16.9 Å². The first-order chi connectivity index (χ1) is 12.2. The summed E-state index contributed by atoms with van der Waals surface area (Å²) in [7, 11) is 0. The predicted octanol–water partition coefficient (Wildman–Crippen LogP) is 4.64. The number of rotatable bonds is 5. The van der Waals surface area contributed by atoms with Gasteiger partial charge in [-0.25, -0.2) is 0 Å². The average molecular weight is 346 g/mol. The van der Waals surface area contributed by atoms with Crippen molar-refractivity contribution in [2.45, 2.75) is 19.4 Å². The van der Waals surface area contributed by atoms with Gasteiger partial charge in [-0.05, 0) is 54.1 Å². The fraction of sp³-hybridized carbons (Fsp3) is 0.143. The summed E-state index contributed by atoms with van der Waals surface area (Å²) in [4.78, 5) is 13.9. The van der Waals surface area contributed by atoms with E-state index in [1.807, 2.05) is 42.6 Å². The zero-order chi connectivity index (χ0) is 17.6. The molecule has 1 aromatic heterocycles. The standard InChI is InChI=1S/C21H18N2OS/c1-15-12-17(14-22)9-10-18(15)21(24)23-19(20-8-5-11-25-20)13-16-6-3-2-4-7-16/h2-12,19H,13H2,1H3,(H,23,24). The molecule has 0 fully saturated rings. The second kappa shape index (κ2) is 7.78. The van der Waals surface area contributed by atoms with Gasteiger partial charge in [0.1, 0.15) is 0 Å². The van der Waals surface area contributed by atoms with Gasteiger partial charge < -0.3 is 5.32 Å². The van der Waals surface area contributed by atoms with Gasteiger partial charge in [0.2, 0.25) is 0 Å². The molecule has 25 heavy (non-hydrogen) atoms. The number of hydrogen-bond acceptors (Lipinski definition) is 3. The minimum absolute atomic E-state index is 0.0788. The van der Waals surface area contributed by atoms with Crippen molar-refractivity contribution in [3.05, 3.63) is 93.2 Å². The van der Waals surface area contributed by atoms with Crippen molar-refractivity contribution in [1.29, 1.82) is 5.26 Å². The van der Waals surface area contributed by atoms with Crippen molar-refractivity contribution in [1.82, 2.24) is 5.32 Å². The molecule has 0 aliphatic rings. The van der Waals surface area contributed by atoms with Gasteiger partial charge in [0.05, 0.1) is 17.7 Å². The Balaban J connectivity index is 1.83. The summed E-state index contributed by atoms with van der Waals surface area (Å²) in [5.41, 5.74) is 3.15. The lowest BCUT2D eigenvalue weighted by Gasteiger charge is -2.18. The van der Waals surface area contributed by atoms with Gasteiger partial charge in [-0.1, -0.05) is 36.4 Å². The quantitative estimate of drug-likeness (QED) is 0.731. The van der Waals surface area contributed by atoms with Crippen LogP contribution in [0.25, 0.3) is 0 Å². The normalized spacial score (nSPS) is 11.5. The van der Waals surface area contributed by atoms with Crippen molar-refractivity contribution in [2.24, 2.45) is 0 Å². The molecule has 1 N–H and O–H groups in total. The van der Waals surface area contributed by atoms with Crippen molar-refractivity contribution in [2.75, 3.05) is 0 Å². The smallest absolute Gasteiger partial charge is 0.252 e. The third kappa shape index (κ3) is 4.14. The first kappa shape index (κ1) is 16.9. The van der Waals surface area contributed by atoms with Gasteiger partial charge in [-0.2, -0.15) is 5.26 Å². The summed E-state index contributed by atoms with van der Waals surface area (Å²) in [6, 6.07) is 21.3. The number of aryl methyl sites for hydroxylation is 1. The maximum absolute atomic E-state index is 12.8. The molecule has 0 aliphatic carbocycles. The van der Waals surface area contributed by atoms with Gasteiger partial charge in [0.25, 0.3) is 5.91 Å². The zero-order valence-corrected chi connectivity index (χ0v) is 14.7. The third-order valence-corrected chi connectivity index (χ3v) is 5.06. The van der Waals surface area contributed by atoms with Gasteiger partial charge >= 0.3 is 0 Å². The van der Waals surface area contributed by atoms with Gasteiger partial charge in [-0.15, -0.1) is 11.3 Å². The number of carbonyl (C=O) groups excluding carboxylic acids is 1. The molecule has 3 nitrogen and oxygen atoms in total. The zero-order valence-electron chi connectivity index (χ0n) is 13.9. The molecule has 1 amide bonds. The van der Waals surface area contributed by atoms with E-state index in [1.165, 1.54) is 5.56 Å². The Morgan fingerprint density at radius 3 is 2.60 bits per heavy atom. The maximum Gasteiger partial charge on any atom is 0.252 e. The lowest BCUT2D eigenvalue weighted by molar-refractivity contribution is 0.0936. The first-order valence-corrected chi connectivity index (χ1v) is 8.94. The highest BCUT2D eigenvalue weighted by Crippen LogP contribution is 2.24. The number of thiophene rings is 1. The van der Waals surface area contributed by atoms with Gasteiger partial charge in [0, 0.05) is 10.4 Å². The van der Waals surface area contributed by atoms with E-state index in [2.05, 4.69) is 23.5 Å². The van der Waals surface area contributed by atoms with Crippen LogP contribution in [0.3, 0.4) is 0 Å².